The van der Waals surface area contributed by atoms with E-state index < -0.39 is 6.43 Å². The largest absolute Gasteiger partial charge is 0.494 e. The highest BCUT2D eigenvalue weighted by Crippen LogP contribution is 2.29. The van der Waals surface area contributed by atoms with Gasteiger partial charge in [0.05, 0.1) is 7.11 Å². The van der Waals surface area contributed by atoms with Crippen LogP contribution in [-0.2, 0) is 6.42 Å². The molecule has 2 nitrogen and oxygen atoms in total. The van der Waals surface area contributed by atoms with Gasteiger partial charge in [-0.3, -0.25) is 4.98 Å². The van der Waals surface area contributed by atoms with Crippen LogP contribution in [0, 0.1) is 0 Å². The molecule has 0 saturated carbocycles. The topological polar surface area (TPSA) is 22.1 Å². The number of alkyl halides is 2. The number of ether oxygens (including phenoxy) is 1. The summed E-state index contributed by atoms with van der Waals surface area (Å²) in [6.45, 7) is 2.00. The molecule has 2 aromatic rings. The molecule has 0 saturated heterocycles. The maximum Gasteiger partial charge on any atom is 0.265 e. The summed E-state index contributed by atoms with van der Waals surface area (Å²) >= 11 is 0. The minimum absolute atomic E-state index is 0.0622. The SMILES string of the molecule is CCc1cc(OC)c2ncc(C(F)F)cc2c1. The van der Waals surface area contributed by atoms with Gasteiger partial charge in [0.25, 0.3) is 6.43 Å². The molecule has 0 aliphatic heterocycles. The van der Waals surface area contributed by atoms with E-state index in [0.717, 1.165) is 12.0 Å². The van der Waals surface area contributed by atoms with Gasteiger partial charge < -0.3 is 4.74 Å². The van der Waals surface area contributed by atoms with Crippen molar-refractivity contribution in [2.45, 2.75) is 19.8 Å². The number of fused-ring (bicyclic) bond motifs is 1. The Bertz CT molecular complexity index is 540. The minimum atomic E-state index is -2.50. The first-order chi connectivity index (χ1) is 8.15. The molecule has 2 rings (SSSR count). The predicted molar refractivity (Wildman–Crippen MR) is 62.6 cm³/mol. The van der Waals surface area contributed by atoms with Crippen molar-refractivity contribution in [1.82, 2.24) is 4.98 Å². The molecule has 0 amide bonds. The Morgan fingerprint density at radius 2 is 2.06 bits per heavy atom. The maximum absolute atomic E-state index is 12.6. The average molecular weight is 237 g/mol. The molecule has 0 spiro atoms. The van der Waals surface area contributed by atoms with E-state index in [4.69, 9.17) is 4.74 Å². The van der Waals surface area contributed by atoms with Crippen molar-refractivity contribution < 1.29 is 13.5 Å². The fraction of sp³-hybridized carbons (Fsp3) is 0.308. The van der Waals surface area contributed by atoms with Gasteiger partial charge in [0.15, 0.2) is 0 Å². The summed E-state index contributed by atoms with van der Waals surface area (Å²) in [6, 6.07) is 5.22. The summed E-state index contributed by atoms with van der Waals surface area (Å²) in [7, 11) is 1.55. The van der Waals surface area contributed by atoms with Crippen molar-refractivity contribution in [2.75, 3.05) is 7.11 Å². The van der Waals surface area contributed by atoms with Gasteiger partial charge in [-0.05, 0) is 30.2 Å². The molecule has 0 atom stereocenters. The number of rotatable bonds is 3. The fourth-order valence-corrected chi connectivity index (χ4v) is 1.77. The van der Waals surface area contributed by atoms with Crippen molar-refractivity contribution >= 4 is 10.9 Å². The van der Waals surface area contributed by atoms with Crippen LogP contribution < -0.4 is 4.74 Å². The second-order valence-electron chi connectivity index (χ2n) is 3.79. The number of nitrogens with zero attached hydrogens (tertiary/aromatic N) is 1. The van der Waals surface area contributed by atoms with E-state index in [2.05, 4.69) is 4.98 Å². The number of benzene rings is 1. The van der Waals surface area contributed by atoms with Gasteiger partial charge in [-0.2, -0.15) is 0 Å². The Labute approximate surface area is 98.2 Å². The van der Waals surface area contributed by atoms with Crippen molar-refractivity contribution in [3.8, 4) is 5.75 Å². The Morgan fingerprint density at radius 1 is 1.29 bits per heavy atom. The molecule has 0 aliphatic rings. The molecule has 1 aromatic carbocycles. The van der Waals surface area contributed by atoms with E-state index in [1.807, 2.05) is 19.1 Å². The molecule has 17 heavy (non-hydrogen) atoms. The summed E-state index contributed by atoms with van der Waals surface area (Å²) in [5, 5.41) is 0.694. The van der Waals surface area contributed by atoms with Crippen LogP contribution in [0.1, 0.15) is 24.5 Å². The summed E-state index contributed by atoms with van der Waals surface area (Å²) in [6.07, 6.45) is -0.477. The van der Waals surface area contributed by atoms with Gasteiger partial charge in [-0.25, -0.2) is 8.78 Å². The lowest BCUT2D eigenvalue weighted by Crippen LogP contribution is -1.93. The highest BCUT2D eigenvalue weighted by Gasteiger charge is 2.11. The minimum Gasteiger partial charge on any atom is -0.494 e. The Balaban J connectivity index is 2.67. The first-order valence-electron chi connectivity index (χ1n) is 5.40. The second kappa shape index (κ2) is 4.65. The molecule has 90 valence electrons. The number of hydrogen-bond acceptors (Lipinski definition) is 2. The third-order valence-corrected chi connectivity index (χ3v) is 2.71. The zero-order valence-corrected chi connectivity index (χ0v) is 9.71. The van der Waals surface area contributed by atoms with Crippen LogP contribution in [0.3, 0.4) is 0 Å². The molecule has 0 N–H and O–H groups in total. The Hall–Kier alpha value is -1.71. The number of halogens is 2. The predicted octanol–water partition coefficient (Wildman–Crippen LogP) is 3.74. The van der Waals surface area contributed by atoms with Crippen LogP contribution in [0.15, 0.2) is 24.4 Å². The van der Waals surface area contributed by atoms with Crippen LogP contribution >= 0.6 is 0 Å². The highest BCUT2D eigenvalue weighted by molar-refractivity contribution is 5.85. The summed E-state index contributed by atoms with van der Waals surface area (Å²) in [4.78, 5) is 4.04. The third-order valence-electron chi connectivity index (χ3n) is 2.71. The Kier molecular flexibility index (Phi) is 3.22. The van der Waals surface area contributed by atoms with E-state index in [9.17, 15) is 8.78 Å². The first kappa shape index (κ1) is 11.8. The normalized spacial score (nSPS) is 11.1. The monoisotopic (exact) mass is 237 g/mol. The van der Waals surface area contributed by atoms with E-state index in [0.29, 0.717) is 16.7 Å². The summed E-state index contributed by atoms with van der Waals surface area (Å²) in [5.41, 5.74) is 1.60. The van der Waals surface area contributed by atoms with E-state index >= 15 is 0 Å². The molecule has 0 unspecified atom stereocenters. The van der Waals surface area contributed by atoms with Gasteiger partial charge in [-0.15, -0.1) is 0 Å². The highest BCUT2D eigenvalue weighted by atomic mass is 19.3. The maximum atomic E-state index is 12.6. The number of hydrogen-bond donors (Lipinski definition) is 0. The van der Waals surface area contributed by atoms with Crippen molar-refractivity contribution in [3.63, 3.8) is 0 Å². The molecule has 4 heteroatoms. The van der Waals surface area contributed by atoms with Crippen LogP contribution in [0.2, 0.25) is 0 Å². The standard InChI is InChI=1S/C13H13F2NO/c1-3-8-4-9-6-10(13(14)15)7-16-12(9)11(5-8)17-2/h4-7,13H,3H2,1-2H3. The molecule has 0 aliphatic carbocycles. The molecule has 1 aromatic heterocycles. The van der Waals surface area contributed by atoms with Crippen LogP contribution in [0.25, 0.3) is 10.9 Å². The second-order valence-corrected chi connectivity index (χ2v) is 3.79. The van der Waals surface area contributed by atoms with Crippen LogP contribution in [0.4, 0.5) is 8.78 Å². The van der Waals surface area contributed by atoms with Gasteiger partial charge >= 0.3 is 0 Å². The van der Waals surface area contributed by atoms with Gasteiger partial charge in [0.2, 0.25) is 0 Å². The van der Waals surface area contributed by atoms with Crippen molar-refractivity contribution in [3.05, 3.63) is 35.5 Å². The van der Waals surface area contributed by atoms with E-state index in [1.54, 1.807) is 7.11 Å². The summed E-state index contributed by atoms with van der Waals surface area (Å²) in [5.74, 6) is 0.625. The van der Waals surface area contributed by atoms with Crippen molar-refractivity contribution in [2.24, 2.45) is 0 Å². The third kappa shape index (κ3) is 2.20. The molecular formula is C13H13F2NO. The van der Waals surface area contributed by atoms with Crippen LogP contribution in [-0.4, -0.2) is 12.1 Å². The number of aryl methyl sites for hydroxylation is 1. The van der Waals surface area contributed by atoms with Crippen LogP contribution in [0.5, 0.6) is 5.75 Å². The lowest BCUT2D eigenvalue weighted by molar-refractivity contribution is 0.151. The zero-order chi connectivity index (χ0) is 12.4. The van der Waals surface area contributed by atoms with E-state index in [-0.39, 0.29) is 5.56 Å². The van der Waals surface area contributed by atoms with Gasteiger partial charge in [0, 0.05) is 17.1 Å². The van der Waals surface area contributed by atoms with E-state index in [1.165, 1.54) is 12.3 Å². The smallest absolute Gasteiger partial charge is 0.265 e. The first-order valence-corrected chi connectivity index (χ1v) is 5.40. The molecule has 0 bridgehead atoms. The number of pyridine rings is 1. The Morgan fingerprint density at radius 3 is 2.65 bits per heavy atom. The van der Waals surface area contributed by atoms with Gasteiger partial charge in [-0.1, -0.05) is 6.92 Å². The number of aromatic nitrogens is 1. The number of methoxy groups -OCH3 is 1. The zero-order valence-electron chi connectivity index (χ0n) is 9.71. The fourth-order valence-electron chi connectivity index (χ4n) is 1.77. The summed E-state index contributed by atoms with van der Waals surface area (Å²) < 4.78 is 30.4. The lowest BCUT2D eigenvalue weighted by atomic mass is 10.1. The lowest BCUT2D eigenvalue weighted by Gasteiger charge is -2.08. The molecule has 1 heterocycles. The molecule has 0 fully saturated rings. The van der Waals surface area contributed by atoms with Gasteiger partial charge in [0.1, 0.15) is 11.3 Å². The quantitative estimate of drug-likeness (QED) is 0.811. The molecular weight excluding hydrogens is 224 g/mol. The average Bonchev–Trinajstić information content (AvgIpc) is 2.36. The molecule has 0 radical (unpaired) electrons. The van der Waals surface area contributed by atoms with Crippen molar-refractivity contribution in [1.29, 1.82) is 0 Å².